The molecule has 7 nitrogen and oxygen atoms in total. The van der Waals surface area contributed by atoms with Crippen LogP contribution in [0.2, 0.25) is 0 Å². The summed E-state index contributed by atoms with van der Waals surface area (Å²) in [6.45, 7) is 5.26. The average molecular weight is 431 g/mol. The standard InChI is InChI=1S/C25H30N6O/c1-29-24(32)15-23(22-10-11-26-18-27-22)28-25(29)31-14-4-5-21(17-31)20-8-6-19(7-9-20)16-30-12-2-3-13-30/h6-11,15,18,21H,2-5,12-14,16-17H2,1H3. The average Bonchev–Trinajstić information content (AvgIpc) is 3.35. The Hall–Kier alpha value is -3.06. The van der Waals surface area contributed by atoms with E-state index in [4.69, 9.17) is 4.98 Å². The largest absolute Gasteiger partial charge is 0.342 e. The zero-order valence-electron chi connectivity index (χ0n) is 18.7. The Kier molecular flexibility index (Phi) is 5.99. The van der Waals surface area contributed by atoms with Gasteiger partial charge in [0.25, 0.3) is 5.56 Å². The van der Waals surface area contributed by atoms with Crippen molar-refractivity contribution >= 4 is 5.95 Å². The predicted molar refractivity (Wildman–Crippen MR) is 126 cm³/mol. The molecule has 0 spiro atoms. The smallest absolute Gasteiger partial charge is 0.255 e. The van der Waals surface area contributed by atoms with Crippen LogP contribution in [0.1, 0.15) is 42.7 Å². The van der Waals surface area contributed by atoms with Crippen LogP contribution in [0, 0.1) is 0 Å². The molecule has 1 atom stereocenters. The molecule has 166 valence electrons. The summed E-state index contributed by atoms with van der Waals surface area (Å²) in [6.07, 6.45) is 8.04. The molecule has 32 heavy (non-hydrogen) atoms. The van der Waals surface area contributed by atoms with E-state index in [9.17, 15) is 4.79 Å². The summed E-state index contributed by atoms with van der Waals surface area (Å²) in [5, 5.41) is 0. The molecular weight excluding hydrogens is 400 g/mol. The fourth-order valence-corrected chi connectivity index (χ4v) is 4.91. The van der Waals surface area contributed by atoms with E-state index >= 15 is 0 Å². The predicted octanol–water partition coefficient (Wildman–Crippen LogP) is 3.22. The second-order valence-electron chi connectivity index (χ2n) is 8.94. The van der Waals surface area contributed by atoms with Crippen molar-refractivity contribution < 1.29 is 0 Å². The number of piperidine rings is 1. The highest BCUT2D eigenvalue weighted by atomic mass is 16.1. The highest BCUT2D eigenvalue weighted by molar-refractivity contribution is 5.55. The van der Waals surface area contributed by atoms with Gasteiger partial charge >= 0.3 is 0 Å². The Balaban J connectivity index is 1.35. The summed E-state index contributed by atoms with van der Waals surface area (Å²) in [6, 6.07) is 12.5. The van der Waals surface area contributed by atoms with Crippen molar-refractivity contribution in [2.75, 3.05) is 31.1 Å². The van der Waals surface area contributed by atoms with E-state index in [1.165, 1.54) is 43.4 Å². The normalized spacial score (nSPS) is 19.4. The van der Waals surface area contributed by atoms with Crippen LogP contribution in [-0.2, 0) is 13.6 Å². The van der Waals surface area contributed by atoms with Crippen molar-refractivity contribution in [3.8, 4) is 11.4 Å². The third-order valence-corrected chi connectivity index (χ3v) is 6.72. The second kappa shape index (κ2) is 9.20. The van der Waals surface area contributed by atoms with Gasteiger partial charge in [0.05, 0.1) is 11.4 Å². The summed E-state index contributed by atoms with van der Waals surface area (Å²) in [7, 11) is 1.80. The lowest BCUT2D eigenvalue weighted by Gasteiger charge is -2.34. The van der Waals surface area contributed by atoms with Gasteiger partial charge in [0, 0.05) is 44.9 Å². The molecule has 2 fully saturated rings. The minimum absolute atomic E-state index is 0.0722. The molecule has 2 aromatic heterocycles. The van der Waals surface area contributed by atoms with Crippen LogP contribution in [0.4, 0.5) is 5.95 Å². The van der Waals surface area contributed by atoms with Crippen LogP contribution in [0.15, 0.2) is 53.7 Å². The SMILES string of the molecule is Cn1c(N2CCCC(c3ccc(CN4CCCC4)cc3)C2)nc(-c2ccncn2)cc1=O. The van der Waals surface area contributed by atoms with Crippen molar-refractivity contribution in [3.63, 3.8) is 0 Å². The molecule has 1 aromatic carbocycles. The summed E-state index contributed by atoms with van der Waals surface area (Å²) < 4.78 is 1.65. The molecule has 5 rings (SSSR count). The van der Waals surface area contributed by atoms with E-state index < -0.39 is 0 Å². The Morgan fingerprint density at radius 2 is 1.81 bits per heavy atom. The molecule has 0 amide bonds. The lowest BCUT2D eigenvalue weighted by molar-refractivity contribution is 0.331. The van der Waals surface area contributed by atoms with Crippen LogP contribution >= 0.6 is 0 Å². The molecular formula is C25H30N6O. The Labute approximate surface area is 188 Å². The van der Waals surface area contributed by atoms with Crippen molar-refractivity contribution in [3.05, 3.63) is 70.4 Å². The Morgan fingerprint density at radius 1 is 1.00 bits per heavy atom. The number of aromatic nitrogens is 4. The zero-order chi connectivity index (χ0) is 21.9. The minimum atomic E-state index is -0.0722. The number of rotatable bonds is 5. The van der Waals surface area contributed by atoms with Crippen LogP contribution in [0.5, 0.6) is 0 Å². The molecule has 3 aromatic rings. The van der Waals surface area contributed by atoms with E-state index in [0.29, 0.717) is 23.3 Å². The minimum Gasteiger partial charge on any atom is -0.342 e. The molecule has 1 unspecified atom stereocenters. The van der Waals surface area contributed by atoms with Gasteiger partial charge in [-0.15, -0.1) is 0 Å². The van der Waals surface area contributed by atoms with Gasteiger partial charge in [-0.25, -0.2) is 15.0 Å². The summed E-state index contributed by atoms with van der Waals surface area (Å²) in [5.41, 5.74) is 3.96. The molecule has 4 heterocycles. The van der Waals surface area contributed by atoms with Crippen LogP contribution in [-0.4, -0.2) is 50.6 Å². The molecule has 0 aliphatic carbocycles. The van der Waals surface area contributed by atoms with Crippen molar-refractivity contribution in [1.82, 2.24) is 24.4 Å². The van der Waals surface area contributed by atoms with Crippen molar-refractivity contribution in [2.24, 2.45) is 7.05 Å². The third kappa shape index (κ3) is 4.43. The summed E-state index contributed by atoms with van der Waals surface area (Å²) >= 11 is 0. The quantitative estimate of drug-likeness (QED) is 0.619. The maximum Gasteiger partial charge on any atom is 0.255 e. The highest BCUT2D eigenvalue weighted by Gasteiger charge is 2.25. The van der Waals surface area contributed by atoms with Gasteiger partial charge in [0.15, 0.2) is 0 Å². The lowest BCUT2D eigenvalue weighted by Crippen LogP contribution is -2.38. The summed E-state index contributed by atoms with van der Waals surface area (Å²) in [4.78, 5) is 30.5. The molecule has 0 saturated carbocycles. The number of hydrogen-bond donors (Lipinski definition) is 0. The molecule has 0 radical (unpaired) electrons. The van der Waals surface area contributed by atoms with E-state index in [1.54, 1.807) is 29.9 Å². The Bertz CT molecular complexity index is 1110. The van der Waals surface area contributed by atoms with E-state index in [0.717, 1.165) is 32.5 Å². The van der Waals surface area contributed by atoms with Gasteiger partial charge in [0.2, 0.25) is 5.95 Å². The van der Waals surface area contributed by atoms with Gasteiger partial charge in [-0.2, -0.15) is 0 Å². The first kappa shape index (κ1) is 20.8. The monoisotopic (exact) mass is 430 g/mol. The molecule has 2 aliphatic heterocycles. The van der Waals surface area contributed by atoms with Crippen LogP contribution in [0.25, 0.3) is 11.4 Å². The number of anilines is 1. The first-order valence-corrected chi connectivity index (χ1v) is 11.6. The fourth-order valence-electron chi connectivity index (χ4n) is 4.91. The topological polar surface area (TPSA) is 67.2 Å². The number of benzene rings is 1. The van der Waals surface area contributed by atoms with Gasteiger partial charge in [-0.05, 0) is 56.0 Å². The molecule has 7 heteroatoms. The Morgan fingerprint density at radius 3 is 2.56 bits per heavy atom. The number of nitrogens with zero attached hydrogens (tertiary/aromatic N) is 6. The maximum atomic E-state index is 12.7. The van der Waals surface area contributed by atoms with E-state index in [1.807, 2.05) is 0 Å². The zero-order valence-corrected chi connectivity index (χ0v) is 18.7. The summed E-state index contributed by atoms with van der Waals surface area (Å²) in [5.74, 6) is 1.14. The number of likely N-dealkylation sites (tertiary alicyclic amines) is 1. The van der Waals surface area contributed by atoms with Gasteiger partial charge in [0.1, 0.15) is 6.33 Å². The van der Waals surface area contributed by atoms with Gasteiger partial charge in [-0.1, -0.05) is 24.3 Å². The van der Waals surface area contributed by atoms with E-state index in [-0.39, 0.29) is 5.56 Å². The first-order valence-electron chi connectivity index (χ1n) is 11.6. The van der Waals surface area contributed by atoms with Crippen molar-refractivity contribution in [2.45, 2.75) is 38.1 Å². The third-order valence-electron chi connectivity index (χ3n) is 6.72. The maximum absolute atomic E-state index is 12.7. The molecule has 0 bridgehead atoms. The highest BCUT2D eigenvalue weighted by Crippen LogP contribution is 2.30. The van der Waals surface area contributed by atoms with Crippen molar-refractivity contribution in [1.29, 1.82) is 0 Å². The van der Waals surface area contributed by atoms with Gasteiger partial charge in [-0.3, -0.25) is 14.3 Å². The lowest BCUT2D eigenvalue weighted by atomic mass is 9.90. The molecule has 2 aliphatic rings. The number of hydrogen-bond acceptors (Lipinski definition) is 6. The van der Waals surface area contributed by atoms with Crippen LogP contribution < -0.4 is 10.5 Å². The van der Waals surface area contributed by atoms with E-state index in [2.05, 4.69) is 44.0 Å². The fraction of sp³-hybridized carbons (Fsp3) is 0.440. The first-order chi connectivity index (χ1) is 15.7. The van der Waals surface area contributed by atoms with Crippen LogP contribution in [0.3, 0.4) is 0 Å². The second-order valence-corrected chi connectivity index (χ2v) is 8.94. The van der Waals surface area contributed by atoms with Gasteiger partial charge < -0.3 is 4.90 Å². The molecule has 2 saturated heterocycles. The molecule has 0 N–H and O–H groups in total.